The summed E-state index contributed by atoms with van der Waals surface area (Å²) in [5.74, 6) is -0.145. The molecule has 0 amide bonds. The normalized spacial score (nSPS) is 14.3. The van der Waals surface area contributed by atoms with E-state index in [1.54, 1.807) is 0 Å². The van der Waals surface area contributed by atoms with Gasteiger partial charge >= 0.3 is 8.56 Å². The summed E-state index contributed by atoms with van der Waals surface area (Å²) in [7, 11) is -2.14. The minimum Gasteiger partial charge on any atom is -0.518 e. The lowest BCUT2D eigenvalue weighted by Crippen LogP contribution is -2.50. The molecule has 0 saturated carbocycles. The molecule has 0 aromatic rings. The molecule has 0 saturated heterocycles. The smallest absolute Gasteiger partial charge is 0.334 e. The third kappa shape index (κ3) is 8.81. The molecule has 0 aromatic carbocycles. The van der Waals surface area contributed by atoms with Crippen molar-refractivity contribution in [3.05, 3.63) is 0 Å². The van der Waals surface area contributed by atoms with Crippen molar-refractivity contribution in [2.45, 2.75) is 97.9 Å². The Morgan fingerprint density at radius 2 is 1.34 bits per heavy atom. The first-order valence-electron chi connectivity index (χ1n) is 11.5. The van der Waals surface area contributed by atoms with Crippen LogP contribution in [0.3, 0.4) is 0 Å². The first-order chi connectivity index (χ1) is 13.4. The zero-order chi connectivity index (χ0) is 22.8. The van der Waals surface area contributed by atoms with Crippen molar-refractivity contribution in [3.63, 3.8) is 0 Å². The highest BCUT2D eigenvalue weighted by atomic mass is 28.4. The van der Waals surface area contributed by atoms with Gasteiger partial charge in [-0.1, -0.05) is 48.5 Å². The van der Waals surface area contributed by atoms with E-state index in [1.807, 2.05) is 20.8 Å². The summed E-state index contributed by atoms with van der Waals surface area (Å²) >= 11 is 0. The molecule has 0 bridgehead atoms. The molecule has 0 aliphatic carbocycles. The van der Waals surface area contributed by atoms with E-state index in [4.69, 9.17) is 13.3 Å². The van der Waals surface area contributed by atoms with Crippen LogP contribution in [0, 0.1) is 5.92 Å². The summed E-state index contributed by atoms with van der Waals surface area (Å²) < 4.78 is 18.2. The highest BCUT2D eigenvalue weighted by molar-refractivity contribution is 6.78. The summed E-state index contributed by atoms with van der Waals surface area (Å²) in [6.07, 6.45) is 1.02. The third-order valence-electron chi connectivity index (χ3n) is 6.04. The summed E-state index contributed by atoms with van der Waals surface area (Å²) in [4.78, 5) is 15.2. The van der Waals surface area contributed by atoms with E-state index in [-0.39, 0.29) is 11.9 Å². The van der Waals surface area contributed by atoms with Crippen molar-refractivity contribution < 1.29 is 18.1 Å². The minimum absolute atomic E-state index is 0.0255. The van der Waals surface area contributed by atoms with Crippen LogP contribution in [0.1, 0.15) is 68.7 Å². The van der Waals surface area contributed by atoms with Crippen molar-refractivity contribution >= 4 is 22.8 Å². The van der Waals surface area contributed by atoms with Crippen LogP contribution >= 0.6 is 0 Å². The van der Waals surface area contributed by atoms with Crippen molar-refractivity contribution in [1.82, 2.24) is 4.90 Å². The SMILES string of the molecule is CCO[Si](C)(CCCN(C)CC(C)C(=O)O[Si](C(C)C)(C(C)C)C(C)C)OCC. The Bertz CT molecular complexity index is 444. The maximum Gasteiger partial charge on any atom is 0.334 e. The van der Waals surface area contributed by atoms with E-state index < -0.39 is 16.9 Å². The van der Waals surface area contributed by atoms with Gasteiger partial charge in [0.25, 0.3) is 14.3 Å². The summed E-state index contributed by atoms with van der Waals surface area (Å²) in [5.41, 5.74) is 1.24. The lowest BCUT2D eigenvalue weighted by atomic mass is 10.2. The van der Waals surface area contributed by atoms with E-state index >= 15 is 0 Å². The molecule has 0 rings (SSSR count). The van der Waals surface area contributed by atoms with Gasteiger partial charge in [0.1, 0.15) is 0 Å². The molecule has 0 N–H and O–H groups in total. The number of carbonyl (C=O) groups excluding carboxylic acids is 1. The Balaban J connectivity index is 4.77. The average Bonchev–Trinajstić information content (AvgIpc) is 2.58. The van der Waals surface area contributed by atoms with Crippen LogP contribution in [0.2, 0.25) is 29.2 Å². The van der Waals surface area contributed by atoms with Crippen molar-refractivity contribution in [2.24, 2.45) is 5.92 Å². The van der Waals surface area contributed by atoms with E-state index in [0.29, 0.717) is 29.8 Å². The quantitative estimate of drug-likeness (QED) is 0.297. The molecule has 5 nitrogen and oxygen atoms in total. The Kier molecular flexibility index (Phi) is 13.2. The number of nitrogens with zero attached hydrogens (tertiary/aromatic N) is 1. The molecule has 0 aliphatic heterocycles. The van der Waals surface area contributed by atoms with Crippen molar-refractivity contribution in [2.75, 3.05) is 33.4 Å². The molecular weight excluding hydrogens is 398 g/mol. The molecule has 0 radical (unpaired) electrons. The van der Waals surface area contributed by atoms with Crippen molar-refractivity contribution in [3.8, 4) is 0 Å². The lowest BCUT2D eigenvalue weighted by molar-refractivity contribution is -0.140. The predicted octanol–water partition coefficient (Wildman–Crippen LogP) is 5.81. The zero-order valence-corrected chi connectivity index (χ0v) is 23.1. The fraction of sp³-hybridized carbons (Fsp3) is 0.955. The molecule has 7 heteroatoms. The molecule has 0 heterocycles. The minimum atomic E-state index is -2.17. The number of carbonyl (C=O) groups is 1. The zero-order valence-electron chi connectivity index (χ0n) is 21.1. The van der Waals surface area contributed by atoms with Gasteiger partial charge in [0, 0.05) is 19.8 Å². The Morgan fingerprint density at radius 1 is 0.897 bits per heavy atom. The monoisotopic (exact) mass is 447 g/mol. The van der Waals surface area contributed by atoms with Gasteiger partial charge in [-0.15, -0.1) is 0 Å². The standard InChI is InChI=1S/C22H49NO4Si2/c1-12-25-28(11,26-13-2)16-14-15-23(10)17-21(9)22(24)27-29(18(3)4,19(5)6)20(7)8/h18-21H,12-17H2,1-11H3. The van der Waals surface area contributed by atoms with Crippen molar-refractivity contribution in [1.29, 1.82) is 0 Å². The first-order valence-corrected chi connectivity index (χ1v) is 16.2. The highest BCUT2D eigenvalue weighted by Crippen LogP contribution is 2.42. The lowest BCUT2D eigenvalue weighted by Gasteiger charge is -2.42. The molecule has 29 heavy (non-hydrogen) atoms. The average molecular weight is 448 g/mol. The van der Waals surface area contributed by atoms with Crippen LogP contribution in [-0.4, -0.2) is 61.1 Å². The number of rotatable bonds is 15. The second kappa shape index (κ2) is 13.3. The van der Waals surface area contributed by atoms with Gasteiger partial charge in [-0.2, -0.15) is 0 Å². The topological polar surface area (TPSA) is 48.0 Å². The van der Waals surface area contributed by atoms with Gasteiger partial charge < -0.3 is 18.2 Å². The molecule has 1 unspecified atom stereocenters. The second-order valence-corrected chi connectivity index (χ2v) is 18.2. The molecular formula is C22H49NO4Si2. The fourth-order valence-corrected chi connectivity index (χ4v) is 12.4. The van der Waals surface area contributed by atoms with Crippen LogP contribution in [0.5, 0.6) is 0 Å². The molecule has 0 aromatic heterocycles. The van der Waals surface area contributed by atoms with Gasteiger partial charge in [0.2, 0.25) is 0 Å². The summed E-state index contributed by atoms with van der Waals surface area (Å²) in [5, 5.41) is 0. The van der Waals surface area contributed by atoms with E-state index in [0.717, 1.165) is 25.6 Å². The molecule has 0 fully saturated rings. The number of hydrogen-bond donors (Lipinski definition) is 0. The number of hydrogen-bond acceptors (Lipinski definition) is 5. The third-order valence-corrected chi connectivity index (χ3v) is 15.1. The van der Waals surface area contributed by atoms with E-state index in [1.165, 1.54) is 0 Å². The molecule has 174 valence electrons. The first kappa shape index (κ1) is 28.8. The van der Waals surface area contributed by atoms with Gasteiger partial charge in [0.05, 0.1) is 5.92 Å². The van der Waals surface area contributed by atoms with Crippen LogP contribution in [0.15, 0.2) is 0 Å². The van der Waals surface area contributed by atoms with E-state index in [2.05, 4.69) is 60.0 Å². The van der Waals surface area contributed by atoms with Crippen LogP contribution in [0.25, 0.3) is 0 Å². The van der Waals surface area contributed by atoms with Crippen LogP contribution in [-0.2, 0) is 18.1 Å². The Hall–Kier alpha value is -0.216. The Labute approximate surface area is 183 Å². The maximum absolute atomic E-state index is 13.0. The van der Waals surface area contributed by atoms with Gasteiger partial charge in [-0.3, -0.25) is 4.79 Å². The van der Waals surface area contributed by atoms with Gasteiger partial charge in [0.15, 0.2) is 0 Å². The summed E-state index contributed by atoms with van der Waals surface area (Å²) in [6, 6.07) is 0.974. The largest absolute Gasteiger partial charge is 0.518 e. The second-order valence-electron chi connectivity index (χ2n) is 9.51. The maximum atomic E-state index is 13.0. The Morgan fingerprint density at radius 3 is 1.72 bits per heavy atom. The fourth-order valence-electron chi connectivity index (χ4n) is 4.73. The predicted molar refractivity (Wildman–Crippen MR) is 128 cm³/mol. The molecule has 1 atom stereocenters. The molecule has 0 spiro atoms. The van der Waals surface area contributed by atoms with E-state index in [9.17, 15) is 4.79 Å². The summed E-state index contributed by atoms with van der Waals surface area (Å²) in [6.45, 7) is 24.6. The van der Waals surface area contributed by atoms with Gasteiger partial charge in [-0.25, -0.2) is 0 Å². The highest BCUT2D eigenvalue weighted by Gasteiger charge is 2.48. The van der Waals surface area contributed by atoms with Gasteiger partial charge in [-0.05, 0) is 63.1 Å². The van der Waals surface area contributed by atoms with Crippen LogP contribution < -0.4 is 0 Å². The molecule has 0 aliphatic rings. The van der Waals surface area contributed by atoms with Crippen LogP contribution in [0.4, 0.5) is 0 Å².